The zero-order valence-corrected chi connectivity index (χ0v) is 13.7. The summed E-state index contributed by atoms with van der Waals surface area (Å²) in [7, 11) is 0. The van der Waals surface area contributed by atoms with Crippen molar-refractivity contribution < 1.29 is 0 Å². The van der Waals surface area contributed by atoms with Gasteiger partial charge in [-0.05, 0) is 56.5 Å². The van der Waals surface area contributed by atoms with Gasteiger partial charge in [0.2, 0.25) is 0 Å². The van der Waals surface area contributed by atoms with Crippen molar-refractivity contribution >= 4 is 11.6 Å². The Morgan fingerprint density at radius 1 is 1.20 bits per heavy atom. The average Bonchev–Trinajstić information content (AvgIpc) is 2.92. The van der Waals surface area contributed by atoms with E-state index in [2.05, 4.69) is 43.1 Å². The molecule has 1 N–H and O–H groups in total. The summed E-state index contributed by atoms with van der Waals surface area (Å²) in [5.74, 6) is 0.687. The van der Waals surface area contributed by atoms with Gasteiger partial charge in [-0.25, -0.2) is 0 Å². The second kappa shape index (κ2) is 7.44. The molecule has 1 heterocycles. The Kier molecular flexibility index (Phi) is 5.88. The molecule has 1 fully saturated rings. The van der Waals surface area contributed by atoms with E-state index in [1.165, 1.54) is 31.5 Å². The van der Waals surface area contributed by atoms with Crippen LogP contribution in [0.3, 0.4) is 0 Å². The molecule has 0 bridgehead atoms. The molecule has 2 rings (SSSR count). The van der Waals surface area contributed by atoms with Crippen LogP contribution in [-0.4, -0.2) is 30.6 Å². The number of rotatable bonds is 6. The molecule has 0 saturated carbocycles. The van der Waals surface area contributed by atoms with Crippen molar-refractivity contribution in [1.82, 2.24) is 10.2 Å². The summed E-state index contributed by atoms with van der Waals surface area (Å²) in [6, 6.07) is 9.13. The maximum Gasteiger partial charge on any atom is 0.0409 e. The van der Waals surface area contributed by atoms with E-state index < -0.39 is 0 Å². The van der Waals surface area contributed by atoms with Crippen molar-refractivity contribution in [3.05, 3.63) is 34.9 Å². The number of nitrogens with one attached hydrogen (secondary N) is 1. The molecular formula is C17H27ClN2. The fourth-order valence-corrected chi connectivity index (χ4v) is 3.25. The number of hydrogen-bond acceptors (Lipinski definition) is 2. The Balaban J connectivity index is 1.91. The van der Waals surface area contributed by atoms with Crippen LogP contribution in [0.15, 0.2) is 24.3 Å². The van der Waals surface area contributed by atoms with E-state index in [0.29, 0.717) is 18.0 Å². The van der Waals surface area contributed by atoms with Gasteiger partial charge >= 0.3 is 0 Å². The first-order valence-corrected chi connectivity index (χ1v) is 8.18. The van der Waals surface area contributed by atoms with Gasteiger partial charge in [0.1, 0.15) is 0 Å². The summed E-state index contributed by atoms with van der Waals surface area (Å²) in [4.78, 5) is 2.64. The molecule has 0 spiro atoms. The van der Waals surface area contributed by atoms with Crippen molar-refractivity contribution in [3.63, 3.8) is 0 Å². The standard InChI is InChI=1S/C17H27ClN2/c1-13(2)17(20-9-4-5-10-20)12-19-14(3)15-7-6-8-16(18)11-15/h6-8,11,13-14,17,19H,4-5,9-10,12H2,1-3H3. The molecule has 3 heteroatoms. The third-order valence-corrected chi connectivity index (χ3v) is 4.60. The molecule has 1 aromatic carbocycles. The zero-order valence-electron chi connectivity index (χ0n) is 12.9. The fourth-order valence-electron chi connectivity index (χ4n) is 3.05. The van der Waals surface area contributed by atoms with Crippen molar-refractivity contribution in [2.24, 2.45) is 5.92 Å². The van der Waals surface area contributed by atoms with Gasteiger partial charge in [0.25, 0.3) is 0 Å². The Morgan fingerprint density at radius 3 is 2.50 bits per heavy atom. The first-order chi connectivity index (χ1) is 9.58. The lowest BCUT2D eigenvalue weighted by molar-refractivity contribution is 0.183. The van der Waals surface area contributed by atoms with Gasteiger partial charge < -0.3 is 5.32 Å². The normalized spacial score (nSPS) is 19.4. The highest BCUT2D eigenvalue weighted by Gasteiger charge is 2.24. The third-order valence-electron chi connectivity index (χ3n) is 4.36. The van der Waals surface area contributed by atoms with E-state index in [9.17, 15) is 0 Å². The molecule has 0 aliphatic carbocycles. The minimum absolute atomic E-state index is 0.345. The van der Waals surface area contributed by atoms with Gasteiger partial charge in [-0.15, -0.1) is 0 Å². The third kappa shape index (κ3) is 4.21. The molecule has 1 aliphatic heterocycles. The zero-order chi connectivity index (χ0) is 14.5. The molecule has 2 unspecified atom stereocenters. The molecule has 2 atom stereocenters. The van der Waals surface area contributed by atoms with Gasteiger partial charge in [-0.1, -0.05) is 37.6 Å². The van der Waals surface area contributed by atoms with E-state index in [1.807, 2.05) is 12.1 Å². The van der Waals surface area contributed by atoms with E-state index in [0.717, 1.165) is 11.6 Å². The quantitative estimate of drug-likeness (QED) is 0.849. The van der Waals surface area contributed by atoms with Gasteiger partial charge in [-0.3, -0.25) is 4.90 Å². The molecule has 1 aromatic rings. The molecular weight excluding hydrogens is 268 g/mol. The van der Waals surface area contributed by atoms with E-state index in [1.54, 1.807) is 0 Å². The second-order valence-electron chi connectivity index (χ2n) is 6.24. The number of likely N-dealkylation sites (tertiary alicyclic amines) is 1. The van der Waals surface area contributed by atoms with Crippen LogP contribution in [-0.2, 0) is 0 Å². The number of halogens is 1. The Labute approximate surface area is 128 Å². The summed E-state index contributed by atoms with van der Waals surface area (Å²) in [5, 5.41) is 4.50. The molecule has 2 nitrogen and oxygen atoms in total. The molecule has 0 amide bonds. The Hall–Kier alpha value is -0.570. The largest absolute Gasteiger partial charge is 0.309 e. The second-order valence-corrected chi connectivity index (χ2v) is 6.68. The highest BCUT2D eigenvalue weighted by molar-refractivity contribution is 6.30. The van der Waals surface area contributed by atoms with Gasteiger partial charge in [0.05, 0.1) is 0 Å². The first-order valence-electron chi connectivity index (χ1n) is 7.81. The summed E-state index contributed by atoms with van der Waals surface area (Å²) >= 11 is 6.07. The highest BCUT2D eigenvalue weighted by atomic mass is 35.5. The molecule has 1 saturated heterocycles. The lowest BCUT2D eigenvalue weighted by Crippen LogP contribution is -2.44. The highest BCUT2D eigenvalue weighted by Crippen LogP contribution is 2.20. The van der Waals surface area contributed by atoms with Crippen LogP contribution >= 0.6 is 11.6 Å². The van der Waals surface area contributed by atoms with Crippen molar-refractivity contribution in [2.45, 2.75) is 45.7 Å². The van der Waals surface area contributed by atoms with Gasteiger partial charge in [0.15, 0.2) is 0 Å². The van der Waals surface area contributed by atoms with Crippen LogP contribution < -0.4 is 5.32 Å². The number of nitrogens with zero attached hydrogens (tertiary/aromatic N) is 1. The summed E-state index contributed by atoms with van der Waals surface area (Å²) < 4.78 is 0. The topological polar surface area (TPSA) is 15.3 Å². The minimum Gasteiger partial charge on any atom is -0.309 e. The lowest BCUT2D eigenvalue weighted by Gasteiger charge is -2.32. The molecule has 0 aromatic heterocycles. The molecule has 1 aliphatic rings. The SMILES string of the molecule is CC(NCC(C(C)C)N1CCCC1)c1cccc(Cl)c1. The van der Waals surface area contributed by atoms with Crippen molar-refractivity contribution in [2.75, 3.05) is 19.6 Å². The number of benzene rings is 1. The maximum absolute atomic E-state index is 6.07. The Morgan fingerprint density at radius 2 is 1.90 bits per heavy atom. The van der Waals surface area contributed by atoms with Crippen molar-refractivity contribution in [1.29, 1.82) is 0 Å². The van der Waals surface area contributed by atoms with Crippen LogP contribution in [0.4, 0.5) is 0 Å². The molecule has 0 radical (unpaired) electrons. The molecule has 112 valence electrons. The summed E-state index contributed by atoms with van der Waals surface area (Å²) in [6.07, 6.45) is 2.71. The van der Waals surface area contributed by atoms with Crippen LogP contribution in [0.5, 0.6) is 0 Å². The summed E-state index contributed by atoms with van der Waals surface area (Å²) in [6.45, 7) is 10.4. The monoisotopic (exact) mass is 294 g/mol. The van der Waals surface area contributed by atoms with Crippen LogP contribution in [0.1, 0.15) is 45.2 Å². The fraction of sp³-hybridized carbons (Fsp3) is 0.647. The van der Waals surface area contributed by atoms with Gasteiger partial charge in [0, 0.05) is 23.7 Å². The maximum atomic E-state index is 6.07. The predicted octanol–water partition coefficient (Wildman–Crippen LogP) is 4.11. The Bertz CT molecular complexity index is 413. The molecule has 20 heavy (non-hydrogen) atoms. The van der Waals surface area contributed by atoms with Crippen LogP contribution in [0.2, 0.25) is 5.02 Å². The predicted molar refractivity (Wildman–Crippen MR) is 87.3 cm³/mol. The van der Waals surface area contributed by atoms with Crippen LogP contribution in [0, 0.1) is 5.92 Å². The van der Waals surface area contributed by atoms with E-state index >= 15 is 0 Å². The smallest absolute Gasteiger partial charge is 0.0409 e. The van der Waals surface area contributed by atoms with E-state index in [-0.39, 0.29) is 0 Å². The first kappa shape index (κ1) is 15.8. The number of hydrogen-bond donors (Lipinski definition) is 1. The lowest BCUT2D eigenvalue weighted by atomic mass is 10.0. The minimum atomic E-state index is 0.345. The summed E-state index contributed by atoms with van der Waals surface area (Å²) in [5.41, 5.74) is 1.27. The van der Waals surface area contributed by atoms with E-state index in [4.69, 9.17) is 11.6 Å². The van der Waals surface area contributed by atoms with Crippen molar-refractivity contribution in [3.8, 4) is 0 Å². The van der Waals surface area contributed by atoms with Gasteiger partial charge in [-0.2, -0.15) is 0 Å². The van der Waals surface area contributed by atoms with Crippen LogP contribution in [0.25, 0.3) is 0 Å². The average molecular weight is 295 g/mol.